The fraction of sp³-hybridized carbons (Fsp3) is 0.417. The van der Waals surface area contributed by atoms with Crippen LogP contribution in [-0.2, 0) is 6.54 Å². The van der Waals surface area contributed by atoms with Crippen molar-refractivity contribution in [3.63, 3.8) is 0 Å². The molecule has 0 radical (unpaired) electrons. The van der Waals surface area contributed by atoms with E-state index in [4.69, 9.17) is 0 Å². The molecule has 2 heterocycles. The lowest BCUT2D eigenvalue weighted by Crippen LogP contribution is -2.21. The number of aromatic nitrogens is 4. The Bertz CT molecular complexity index is 451. The molecule has 0 amide bonds. The molecule has 0 spiro atoms. The van der Waals surface area contributed by atoms with Gasteiger partial charge in [-0.15, -0.1) is 0 Å². The number of rotatable bonds is 5. The maximum Gasteiger partial charge on any atom is 0.115 e. The lowest BCUT2D eigenvalue weighted by molar-refractivity contribution is 0.621. The Hall–Kier alpha value is -1.75. The van der Waals surface area contributed by atoms with Crippen LogP contribution in [0, 0.1) is 0 Å². The highest BCUT2D eigenvalue weighted by Crippen LogP contribution is 2.19. The van der Waals surface area contributed by atoms with Gasteiger partial charge < -0.3 is 5.32 Å². The van der Waals surface area contributed by atoms with Crippen molar-refractivity contribution in [1.82, 2.24) is 25.1 Å². The van der Waals surface area contributed by atoms with E-state index in [9.17, 15) is 0 Å². The first kappa shape index (κ1) is 11.7. The van der Waals surface area contributed by atoms with Crippen LogP contribution in [0.1, 0.15) is 31.0 Å². The second kappa shape index (κ2) is 5.54. The summed E-state index contributed by atoms with van der Waals surface area (Å²) < 4.78 is 1.92. The minimum Gasteiger partial charge on any atom is -0.306 e. The lowest BCUT2D eigenvalue weighted by Gasteiger charge is -2.15. The molecule has 17 heavy (non-hydrogen) atoms. The second-order valence-electron chi connectivity index (χ2n) is 3.79. The molecule has 0 saturated heterocycles. The van der Waals surface area contributed by atoms with Crippen LogP contribution in [0.5, 0.6) is 0 Å². The molecule has 0 bridgehead atoms. The van der Waals surface area contributed by atoms with Crippen LogP contribution in [0.2, 0.25) is 0 Å². The highest BCUT2D eigenvalue weighted by atomic mass is 15.3. The predicted octanol–water partition coefficient (Wildman–Crippen LogP) is 1.39. The van der Waals surface area contributed by atoms with Crippen molar-refractivity contribution in [2.45, 2.75) is 26.4 Å². The predicted molar refractivity (Wildman–Crippen MR) is 65.5 cm³/mol. The van der Waals surface area contributed by atoms with Crippen molar-refractivity contribution in [2.75, 3.05) is 6.54 Å². The van der Waals surface area contributed by atoms with Gasteiger partial charge >= 0.3 is 0 Å². The first-order valence-corrected chi connectivity index (χ1v) is 5.85. The molecule has 0 aliphatic heterocycles. The smallest absolute Gasteiger partial charge is 0.115 e. The van der Waals surface area contributed by atoms with Gasteiger partial charge in [-0.1, -0.05) is 6.92 Å². The van der Waals surface area contributed by atoms with E-state index < -0.39 is 0 Å². The maximum atomic E-state index is 4.30. The number of aryl methyl sites for hydroxylation is 1. The normalized spacial score (nSPS) is 12.6. The molecule has 1 atom stereocenters. The van der Waals surface area contributed by atoms with Crippen LogP contribution < -0.4 is 5.32 Å². The summed E-state index contributed by atoms with van der Waals surface area (Å²) in [5.41, 5.74) is 2.20. The Kier molecular flexibility index (Phi) is 3.82. The Balaban J connectivity index is 2.28. The molecule has 2 rings (SSSR count). The van der Waals surface area contributed by atoms with E-state index in [1.807, 2.05) is 23.3 Å². The molecule has 0 aromatic carbocycles. The van der Waals surface area contributed by atoms with Gasteiger partial charge in [0.25, 0.3) is 0 Å². The highest BCUT2D eigenvalue weighted by molar-refractivity contribution is 5.24. The standard InChI is InChI=1S/C12H17N5/c1-3-15-12(10-5-13-9-14-6-10)11-7-16-17(4-2)8-11/h5-9,12,15H,3-4H2,1-2H3. The van der Waals surface area contributed by atoms with Gasteiger partial charge in [0.05, 0.1) is 12.2 Å². The summed E-state index contributed by atoms with van der Waals surface area (Å²) >= 11 is 0. The summed E-state index contributed by atoms with van der Waals surface area (Å²) in [7, 11) is 0. The van der Waals surface area contributed by atoms with Crippen LogP contribution in [0.4, 0.5) is 0 Å². The van der Waals surface area contributed by atoms with Crippen molar-refractivity contribution in [2.24, 2.45) is 0 Å². The summed E-state index contributed by atoms with van der Waals surface area (Å²) in [6.07, 6.45) is 9.17. The fourth-order valence-electron chi connectivity index (χ4n) is 1.79. The van der Waals surface area contributed by atoms with Crippen molar-refractivity contribution in [3.05, 3.63) is 42.2 Å². The Labute approximate surface area is 101 Å². The Morgan fingerprint density at radius 1 is 1.18 bits per heavy atom. The first-order valence-electron chi connectivity index (χ1n) is 5.85. The van der Waals surface area contributed by atoms with E-state index in [-0.39, 0.29) is 6.04 Å². The fourth-order valence-corrected chi connectivity index (χ4v) is 1.79. The minimum absolute atomic E-state index is 0.112. The van der Waals surface area contributed by atoms with Gasteiger partial charge in [-0.3, -0.25) is 4.68 Å². The molecule has 0 aliphatic rings. The van der Waals surface area contributed by atoms with Gasteiger partial charge in [0.1, 0.15) is 6.33 Å². The van der Waals surface area contributed by atoms with Gasteiger partial charge in [0.15, 0.2) is 0 Å². The molecule has 1 N–H and O–H groups in total. The summed E-state index contributed by atoms with van der Waals surface area (Å²) in [6, 6.07) is 0.112. The zero-order valence-electron chi connectivity index (χ0n) is 10.2. The Morgan fingerprint density at radius 2 is 1.94 bits per heavy atom. The van der Waals surface area contributed by atoms with Crippen molar-refractivity contribution in [1.29, 1.82) is 0 Å². The molecule has 0 aliphatic carbocycles. The molecular weight excluding hydrogens is 214 g/mol. The highest BCUT2D eigenvalue weighted by Gasteiger charge is 2.15. The zero-order valence-corrected chi connectivity index (χ0v) is 10.2. The van der Waals surface area contributed by atoms with E-state index in [0.29, 0.717) is 0 Å². The molecule has 90 valence electrons. The summed E-state index contributed by atoms with van der Waals surface area (Å²) in [5, 5.41) is 7.72. The average Bonchev–Trinajstić information content (AvgIpc) is 2.85. The van der Waals surface area contributed by atoms with E-state index in [0.717, 1.165) is 24.2 Å². The quantitative estimate of drug-likeness (QED) is 0.845. The minimum atomic E-state index is 0.112. The van der Waals surface area contributed by atoms with Crippen LogP contribution in [0.3, 0.4) is 0 Å². The molecule has 0 fully saturated rings. The van der Waals surface area contributed by atoms with Gasteiger partial charge in [0.2, 0.25) is 0 Å². The van der Waals surface area contributed by atoms with E-state index in [2.05, 4.69) is 40.4 Å². The largest absolute Gasteiger partial charge is 0.306 e. The van der Waals surface area contributed by atoms with Gasteiger partial charge in [-0.2, -0.15) is 5.10 Å². The molecule has 2 aromatic rings. The van der Waals surface area contributed by atoms with E-state index >= 15 is 0 Å². The van der Waals surface area contributed by atoms with Crippen LogP contribution in [-0.4, -0.2) is 26.3 Å². The summed E-state index contributed by atoms with van der Waals surface area (Å²) in [6.45, 7) is 5.92. The molecule has 5 heteroatoms. The van der Waals surface area contributed by atoms with Crippen molar-refractivity contribution < 1.29 is 0 Å². The summed E-state index contributed by atoms with van der Waals surface area (Å²) in [4.78, 5) is 8.12. The SMILES string of the molecule is CCNC(c1cncnc1)c1cnn(CC)c1. The van der Waals surface area contributed by atoms with Crippen molar-refractivity contribution >= 4 is 0 Å². The third kappa shape index (κ3) is 2.68. The Morgan fingerprint density at radius 3 is 2.53 bits per heavy atom. The van der Waals surface area contributed by atoms with Crippen molar-refractivity contribution in [3.8, 4) is 0 Å². The van der Waals surface area contributed by atoms with Gasteiger partial charge in [0, 0.05) is 36.3 Å². The number of nitrogens with zero attached hydrogens (tertiary/aromatic N) is 4. The number of hydrogen-bond acceptors (Lipinski definition) is 4. The molecule has 2 aromatic heterocycles. The molecule has 5 nitrogen and oxygen atoms in total. The van der Waals surface area contributed by atoms with E-state index in [1.54, 1.807) is 6.33 Å². The first-order chi connectivity index (χ1) is 8.35. The molecular formula is C12H17N5. The zero-order chi connectivity index (χ0) is 12.1. The van der Waals surface area contributed by atoms with Crippen LogP contribution in [0.25, 0.3) is 0 Å². The van der Waals surface area contributed by atoms with E-state index in [1.165, 1.54) is 0 Å². The molecule has 0 saturated carbocycles. The third-order valence-electron chi connectivity index (χ3n) is 2.63. The summed E-state index contributed by atoms with van der Waals surface area (Å²) in [5.74, 6) is 0. The van der Waals surface area contributed by atoms with Crippen LogP contribution in [0.15, 0.2) is 31.1 Å². The van der Waals surface area contributed by atoms with Crippen LogP contribution >= 0.6 is 0 Å². The second-order valence-corrected chi connectivity index (χ2v) is 3.79. The third-order valence-corrected chi connectivity index (χ3v) is 2.63. The average molecular weight is 231 g/mol. The number of nitrogens with one attached hydrogen (secondary N) is 1. The maximum absolute atomic E-state index is 4.30. The monoisotopic (exact) mass is 231 g/mol. The topological polar surface area (TPSA) is 55.6 Å². The molecule has 1 unspecified atom stereocenters. The van der Waals surface area contributed by atoms with Gasteiger partial charge in [-0.25, -0.2) is 9.97 Å². The number of hydrogen-bond donors (Lipinski definition) is 1. The lowest BCUT2D eigenvalue weighted by atomic mass is 10.1. The van der Waals surface area contributed by atoms with Gasteiger partial charge in [-0.05, 0) is 13.5 Å².